The fraction of sp³-hybridized carbons (Fsp3) is 0.350. The summed E-state index contributed by atoms with van der Waals surface area (Å²) in [5, 5.41) is 7.18. The fourth-order valence-electron chi connectivity index (χ4n) is 3.46. The van der Waals surface area contributed by atoms with Gasteiger partial charge in [-0.3, -0.25) is 23.6 Å². The Kier molecular flexibility index (Phi) is 5.11. The molecule has 0 saturated carbocycles. The van der Waals surface area contributed by atoms with Crippen LogP contribution in [-0.4, -0.2) is 49.1 Å². The van der Waals surface area contributed by atoms with Crippen LogP contribution in [0.4, 0.5) is 0 Å². The van der Waals surface area contributed by atoms with Crippen molar-refractivity contribution in [3.63, 3.8) is 0 Å². The summed E-state index contributed by atoms with van der Waals surface area (Å²) in [7, 11) is 1.70. The van der Waals surface area contributed by atoms with Gasteiger partial charge in [0.2, 0.25) is 5.91 Å². The van der Waals surface area contributed by atoms with E-state index in [9.17, 15) is 14.4 Å². The number of hydrogen-bond donors (Lipinski definition) is 1. The average Bonchev–Trinajstić information content (AvgIpc) is 3.39. The van der Waals surface area contributed by atoms with Crippen LogP contribution in [0, 0.1) is 0 Å². The van der Waals surface area contributed by atoms with Crippen molar-refractivity contribution in [1.82, 2.24) is 29.5 Å². The molecule has 0 aliphatic carbocycles. The summed E-state index contributed by atoms with van der Waals surface area (Å²) >= 11 is 0. The van der Waals surface area contributed by atoms with Gasteiger partial charge in [0.1, 0.15) is 18.3 Å². The molecule has 3 aromatic rings. The Balaban J connectivity index is 1.35. The van der Waals surface area contributed by atoms with Crippen LogP contribution in [0.3, 0.4) is 0 Å². The zero-order valence-corrected chi connectivity index (χ0v) is 16.2. The predicted molar refractivity (Wildman–Crippen MR) is 106 cm³/mol. The summed E-state index contributed by atoms with van der Waals surface area (Å²) in [6.45, 7) is 1.82. The van der Waals surface area contributed by atoms with Gasteiger partial charge in [-0.25, -0.2) is 4.98 Å². The smallest absolute Gasteiger partial charge is 0.264 e. The number of rotatable bonds is 5. The van der Waals surface area contributed by atoms with E-state index in [1.54, 1.807) is 19.2 Å². The highest BCUT2D eigenvalue weighted by molar-refractivity contribution is 5.94. The zero-order valence-electron chi connectivity index (χ0n) is 16.2. The van der Waals surface area contributed by atoms with Gasteiger partial charge in [0.05, 0.1) is 6.20 Å². The molecule has 0 radical (unpaired) electrons. The third-order valence-corrected chi connectivity index (χ3v) is 5.12. The highest BCUT2D eigenvalue weighted by Crippen LogP contribution is 2.13. The Morgan fingerprint density at radius 1 is 1.14 bits per heavy atom. The van der Waals surface area contributed by atoms with Gasteiger partial charge in [-0.2, -0.15) is 5.10 Å². The Bertz CT molecular complexity index is 1110. The summed E-state index contributed by atoms with van der Waals surface area (Å²) in [4.78, 5) is 43.1. The van der Waals surface area contributed by atoms with Gasteiger partial charge >= 0.3 is 0 Å². The molecule has 3 heterocycles. The van der Waals surface area contributed by atoms with Crippen LogP contribution in [0.1, 0.15) is 28.8 Å². The van der Waals surface area contributed by atoms with Gasteiger partial charge in [0.15, 0.2) is 5.65 Å². The van der Waals surface area contributed by atoms with E-state index in [0.717, 1.165) is 31.5 Å². The first-order valence-electron chi connectivity index (χ1n) is 9.55. The van der Waals surface area contributed by atoms with Crippen LogP contribution in [0.5, 0.6) is 0 Å². The largest absolute Gasteiger partial charge is 0.350 e. The summed E-state index contributed by atoms with van der Waals surface area (Å²) in [5.74, 6) is -0.245. The first-order valence-corrected chi connectivity index (χ1v) is 9.55. The van der Waals surface area contributed by atoms with Crippen molar-refractivity contribution in [2.75, 3.05) is 13.1 Å². The number of benzene rings is 1. The molecule has 0 unspecified atom stereocenters. The zero-order chi connectivity index (χ0) is 20.4. The average molecular weight is 394 g/mol. The number of nitrogens with one attached hydrogen (secondary N) is 1. The lowest BCUT2D eigenvalue weighted by atomic mass is 10.1. The Morgan fingerprint density at radius 2 is 1.86 bits per heavy atom. The Hall–Kier alpha value is -3.49. The molecule has 0 bridgehead atoms. The van der Waals surface area contributed by atoms with Crippen LogP contribution < -0.4 is 10.9 Å². The van der Waals surface area contributed by atoms with E-state index in [1.165, 1.54) is 21.8 Å². The summed E-state index contributed by atoms with van der Waals surface area (Å²) < 4.78 is 2.77. The second kappa shape index (κ2) is 7.86. The third kappa shape index (κ3) is 3.89. The second-order valence-electron chi connectivity index (χ2n) is 7.16. The molecule has 29 heavy (non-hydrogen) atoms. The van der Waals surface area contributed by atoms with E-state index in [2.05, 4.69) is 15.4 Å². The van der Waals surface area contributed by atoms with Crippen molar-refractivity contribution in [3.05, 3.63) is 58.3 Å². The maximum atomic E-state index is 12.4. The first-order chi connectivity index (χ1) is 14.0. The third-order valence-electron chi connectivity index (χ3n) is 5.12. The highest BCUT2D eigenvalue weighted by Gasteiger charge is 2.19. The normalized spacial score (nSPS) is 13.8. The standard InChI is InChI=1S/C20H22N6O3/c1-24-18-16(11-23-24)20(29)26(13-22-18)12-17(27)21-10-14-4-6-15(7-5-14)19(28)25-8-2-3-9-25/h4-7,11,13H,2-3,8-10,12H2,1H3,(H,21,27). The van der Waals surface area contributed by atoms with E-state index in [-0.39, 0.29) is 23.9 Å². The molecule has 2 aromatic heterocycles. The molecular formula is C20H22N6O3. The molecule has 1 aromatic carbocycles. The van der Waals surface area contributed by atoms with Crippen molar-refractivity contribution < 1.29 is 9.59 Å². The quantitative estimate of drug-likeness (QED) is 0.686. The molecule has 1 fully saturated rings. The molecule has 1 aliphatic rings. The van der Waals surface area contributed by atoms with Gasteiger partial charge in [0, 0.05) is 32.2 Å². The van der Waals surface area contributed by atoms with Gasteiger partial charge < -0.3 is 10.2 Å². The monoisotopic (exact) mass is 394 g/mol. The minimum Gasteiger partial charge on any atom is -0.350 e. The molecule has 150 valence electrons. The van der Waals surface area contributed by atoms with Gasteiger partial charge in [-0.05, 0) is 30.5 Å². The van der Waals surface area contributed by atoms with E-state index >= 15 is 0 Å². The Morgan fingerprint density at radius 3 is 2.59 bits per heavy atom. The molecule has 9 nitrogen and oxygen atoms in total. The van der Waals surface area contributed by atoms with Crippen LogP contribution in [-0.2, 0) is 24.9 Å². The summed E-state index contributed by atoms with van der Waals surface area (Å²) in [5.41, 5.74) is 1.71. The van der Waals surface area contributed by atoms with Gasteiger partial charge in [0.25, 0.3) is 11.5 Å². The van der Waals surface area contributed by atoms with Crippen molar-refractivity contribution in [1.29, 1.82) is 0 Å². The van der Waals surface area contributed by atoms with E-state index in [1.807, 2.05) is 17.0 Å². The lowest BCUT2D eigenvalue weighted by molar-refractivity contribution is -0.121. The SMILES string of the molecule is Cn1ncc2c(=O)n(CC(=O)NCc3ccc(C(=O)N4CCCC4)cc3)cnc21. The number of carbonyl (C=O) groups excluding carboxylic acids is 2. The Labute approximate surface area is 166 Å². The molecule has 0 spiro atoms. The van der Waals surface area contributed by atoms with E-state index in [0.29, 0.717) is 23.1 Å². The van der Waals surface area contributed by atoms with Crippen LogP contribution in [0.25, 0.3) is 11.0 Å². The minimum absolute atomic E-state index is 0.0516. The number of amides is 2. The molecule has 1 N–H and O–H groups in total. The van der Waals surface area contributed by atoms with E-state index < -0.39 is 0 Å². The van der Waals surface area contributed by atoms with Crippen molar-refractivity contribution in [2.24, 2.45) is 7.05 Å². The lowest BCUT2D eigenvalue weighted by Crippen LogP contribution is -2.32. The molecular weight excluding hydrogens is 372 g/mol. The van der Waals surface area contributed by atoms with Crippen molar-refractivity contribution in [3.8, 4) is 0 Å². The van der Waals surface area contributed by atoms with E-state index in [4.69, 9.17) is 0 Å². The number of carbonyl (C=O) groups is 2. The number of hydrogen-bond acceptors (Lipinski definition) is 5. The molecule has 1 saturated heterocycles. The summed E-state index contributed by atoms with van der Waals surface area (Å²) in [6.07, 6.45) is 4.92. The molecule has 2 amide bonds. The second-order valence-corrected chi connectivity index (χ2v) is 7.16. The molecule has 9 heteroatoms. The van der Waals surface area contributed by atoms with Gasteiger partial charge in [-0.15, -0.1) is 0 Å². The summed E-state index contributed by atoms with van der Waals surface area (Å²) in [6, 6.07) is 7.23. The maximum absolute atomic E-state index is 12.4. The van der Waals surface area contributed by atoms with Crippen molar-refractivity contribution >= 4 is 22.8 Å². The molecule has 4 rings (SSSR count). The molecule has 0 atom stereocenters. The van der Waals surface area contributed by atoms with Crippen molar-refractivity contribution in [2.45, 2.75) is 25.9 Å². The highest BCUT2D eigenvalue weighted by atomic mass is 16.2. The van der Waals surface area contributed by atoms with Crippen LogP contribution >= 0.6 is 0 Å². The maximum Gasteiger partial charge on any atom is 0.264 e. The fourth-order valence-corrected chi connectivity index (χ4v) is 3.46. The predicted octanol–water partition coefficient (Wildman–Crippen LogP) is 0.682. The van der Waals surface area contributed by atoms with Gasteiger partial charge in [-0.1, -0.05) is 12.1 Å². The number of fused-ring (bicyclic) bond motifs is 1. The number of likely N-dealkylation sites (tertiary alicyclic amines) is 1. The van der Waals surface area contributed by atoms with Crippen LogP contribution in [0.15, 0.2) is 41.6 Å². The number of aromatic nitrogens is 4. The number of nitrogens with zero attached hydrogens (tertiary/aromatic N) is 5. The number of aryl methyl sites for hydroxylation is 1. The van der Waals surface area contributed by atoms with Crippen LogP contribution in [0.2, 0.25) is 0 Å². The topological polar surface area (TPSA) is 102 Å². The minimum atomic E-state index is -0.303. The molecule has 1 aliphatic heterocycles. The first kappa shape index (κ1) is 18.9. The lowest BCUT2D eigenvalue weighted by Gasteiger charge is -2.15.